The molecular formula is C48H28F24O6P2. The Bertz CT molecular complexity index is 2940. The maximum absolute atomic E-state index is 16.7. The van der Waals surface area contributed by atoms with Crippen molar-refractivity contribution >= 4 is 46.1 Å². The number of ether oxygens (including phenoxy) is 4. The van der Waals surface area contributed by atoms with Crippen molar-refractivity contribution in [1.29, 1.82) is 0 Å². The van der Waals surface area contributed by atoms with Crippen molar-refractivity contribution in [3.05, 3.63) is 142 Å². The van der Waals surface area contributed by atoms with Gasteiger partial charge in [-0.2, -0.15) is 105 Å². The number of rotatable bonds is 11. The molecule has 0 N–H and O–H groups in total. The Labute approximate surface area is 432 Å². The molecule has 0 aromatic heterocycles. The van der Waals surface area contributed by atoms with Gasteiger partial charge in [-0.3, -0.25) is 0 Å². The van der Waals surface area contributed by atoms with Gasteiger partial charge in [-0.25, -0.2) is 0 Å². The summed E-state index contributed by atoms with van der Waals surface area (Å²) in [6.07, 6.45) is -48.0. The summed E-state index contributed by atoms with van der Waals surface area (Å²) < 4.78 is 407. The minimum atomic E-state index is -6.76. The summed E-state index contributed by atoms with van der Waals surface area (Å²) in [6.45, 7) is 0. The summed E-state index contributed by atoms with van der Waals surface area (Å²) in [4.78, 5) is 0. The zero-order valence-electron chi connectivity index (χ0n) is 39.7. The van der Waals surface area contributed by atoms with Gasteiger partial charge >= 0.3 is 49.4 Å². The maximum Gasteiger partial charge on any atom is 0.416 e. The fraction of sp³-hybridized carbons (Fsp3) is 0.250. The van der Waals surface area contributed by atoms with Crippen molar-refractivity contribution in [2.75, 3.05) is 28.4 Å². The molecule has 0 aliphatic heterocycles. The molecule has 6 nitrogen and oxygen atoms in total. The normalized spacial score (nSPS) is 13.6. The summed E-state index contributed by atoms with van der Waals surface area (Å²) in [5.74, 6) is -4.29. The first-order chi connectivity index (χ1) is 36.2. The molecular weight excluding hydrogens is 1190 g/mol. The Hall–Kier alpha value is -6.70. The molecule has 0 saturated carbocycles. The standard InChI is InChI=1S/C48H28F24O6P2/c1-75-29-17-35(77-3)39(37(19-29)79(73,31-9-21(41(49,50)51)5-22(10-31)42(52,53)54)32-11-23(43(55,56)57)6-24(12-32)44(58,59)60)40-36(78-4)18-30(76-2)20-38(40)80(74,33-13-25(45(61,62)63)7-26(14-33)46(64,65)66)34-15-27(47(67,68)69)8-28(16-34)48(70,71)72/h5-20H,1-4H3. The molecule has 0 fully saturated rings. The number of hydrogen-bond acceptors (Lipinski definition) is 6. The zero-order chi connectivity index (χ0) is 60.7. The van der Waals surface area contributed by atoms with Crippen LogP contribution in [0, 0.1) is 0 Å². The summed E-state index contributed by atoms with van der Waals surface area (Å²) in [5.41, 5.74) is -22.8. The highest BCUT2D eigenvalue weighted by Gasteiger charge is 2.49. The van der Waals surface area contributed by atoms with E-state index in [1.54, 1.807) is 0 Å². The van der Waals surface area contributed by atoms with Crippen molar-refractivity contribution in [2.45, 2.75) is 49.4 Å². The van der Waals surface area contributed by atoms with Crippen molar-refractivity contribution in [3.8, 4) is 34.1 Å². The highest BCUT2D eigenvalue weighted by atomic mass is 31.2. The van der Waals surface area contributed by atoms with Crippen LogP contribution in [0.25, 0.3) is 11.1 Å². The predicted molar refractivity (Wildman–Crippen MR) is 237 cm³/mol. The van der Waals surface area contributed by atoms with Crippen molar-refractivity contribution < 1.29 is 133 Å². The van der Waals surface area contributed by atoms with E-state index in [0.717, 1.165) is 0 Å². The molecule has 0 bridgehead atoms. The fourth-order valence-electron chi connectivity index (χ4n) is 8.04. The van der Waals surface area contributed by atoms with Crippen LogP contribution in [0.4, 0.5) is 105 Å². The van der Waals surface area contributed by atoms with Crippen LogP contribution >= 0.6 is 14.3 Å². The topological polar surface area (TPSA) is 71.1 Å². The lowest BCUT2D eigenvalue weighted by molar-refractivity contribution is -0.144. The Morgan fingerprint density at radius 1 is 0.263 bits per heavy atom. The Morgan fingerprint density at radius 3 is 0.575 bits per heavy atom. The smallest absolute Gasteiger partial charge is 0.416 e. The molecule has 32 heteroatoms. The van der Waals surface area contributed by atoms with Crippen LogP contribution in [-0.4, -0.2) is 28.4 Å². The monoisotopic (exact) mass is 1220 g/mol. The summed E-state index contributed by atoms with van der Waals surface area (Å²) >= 11 is 0. The molecule has 0 radical (unpaired) electrons. The minimum Gasteiger partial charge on any atom is -0.497 e. The van der Waals surface area contributed by atoms with Crippen LogP contribution in [0.3, 0.4) is 0 Å². The molecule has 80 heavy (non-hydrogen) atoms. The molecule has 0 heterocycles. The van der Waals surface area contributed by atoms with Crippen LogP contribution in [0.15, 0.2) is 97.1 Å². The molecule has 0 unspecified atom stereocenters. The molecule has 6 aromatic carbocycles. The molecule has 0 aliphatic rings. The maximum atomic E-state index is 16.7. The third-order valence-corrected chi connectivity index (χ3v) is 17.7. The van der Waals surface area contributed by atoms with Crippen LogP contribution < -0.4 is 50.8 Å². The quantitative estimate of drug-likeness (QED) is 0.0951. The highest BCUT2D eigenvalue weighted by Crippen LogP contribution is 2.57. The van der Waals surface area contributed by atoms with E-state index >= 15 is 9.13 Å². The minimum absolute atomic E-state index is 0.218. The Morgan fingerprint density at radius 2 is 0.438 bits per heavy atom. The number of halogens is 24. The largest absolute Gasteiger partial charge is 0.497 e. The van der Waals surface area contributed by atoms with Gasteiger partial charge in [-0.05, 0) is 84.9 Å². The fourth-order valence-corrected chi connectivity index (χ4v) is 14.0. The average Bonchev–Trinajstić information content (AvgIpc) is 3.35. The first-order valence-electron chi connectivity index (χ1n) is 21.2. The van der Waals surface area contributed by atoms with E-state index in [1.807, 2.05) is 0 Å². The van der Waals surface area contributed by atoms with Gasteiger partial charge < -0.3 is 28.1 Å². The number of alkyl halides is 24. The van der Waals surface area contributed by atoms with E-state index in [9.17, 15) is 105 Å². The molecule has 0 amide bonds. The van der Waals surface area contributed by atoms with Crippen molar-refractivity contribution in [3.63, 3.8) is 0 Å². The summed E-state index contributed by atoms with van der Waals surface area (Å²) in [5, 5.41) is -11.4. The first kappa shape index (κ1) is 62.5. The number of benzene rings is 6. The van der Waals surface area contributed by atoms with Gasteiger partial charge in [0.25, 0.3) is 0 Å². The highest BCUT2D eigenvalue weighted by molar-refractivity contribution is 7.86. The first-order valence-corrected chi connectivity index (χ1v) is 24.6. The van der Waals surface area contributed by atoms with Crippen LogP contribution in [0.1, 0.15) is 44.5 Å². The lowest BCUT2D eigenvalue weighted by Gasteiger charge is -2.31. The summed E-state index contributed by atoms with van der Waals surface area (Å²) in [7, 11) is -11.1. The van der Waals surface area contributed by atoms with Gasteiger partial charge in [0, 0.05) is 55.1 Å². The SMILES string of the molecule is COc1cc(OC)c(-c2c(OC)cc(OC)cc2P(=O)(c2cc(C(F)(F)F)cc(C(F)(F)F)c2)c2cc(C(F)(F)F)cc(C(F)(F)F)c2)c(P(=O)(c2cc(C(F)(F)F)cc(C(F)(F)F)c2)c2cc(C(F)(F)F)cc(C(F)(F)F)c2)c1. The second kappa shape index (κ2) is 20.7. The molecule has 0 aliphatic carbocycles. The van der Waals surface area contributed by atoms with E-state index in [-0.39, 0.29) is 12.1 Å². The predicted octanol–water partition coefficient (Wildman–Crippen LogP) is 14.8. The average molecular weight is 1220 g/mol. The lowest BCUT2D eigenvalue weighted by atomic mass is 10.0. The Balaban J connectivity index is 2.07. The van der Waals surface area contributed by atoms with Gasteiger partial charge in [-0.15, -0.1) is 0 Å². The molecule has 6 aromatic rings. The van der Waals surface area contributed by atoms with Gasteiger partial charge in [0.15, 0.2) is 14.3 Å². The Kier molecular flexibility index (Phi) is 16.2. The van der Waals surface area contributed by atoms with Gasteiger partial charge in [-0.1, -0.05) is 0 Å². The van der Waals surface area contributed by atoms with E-state index in [4.69, 9.17) is 18.9 Å². The number of hydrogen-bond donors (Lipinski definition) is 0. The van der Waals surface area contributed by atoms with Crippen LogP contribution in [0.5, 0.6) is 23.0 Å². The zero-order valence-corrected chi connectivity index (χ0v) is 41.4. The third kappa shape index (κ3) is 12.3. The van der Waals surface area contributed by atoms with Gasteiger partial charge in [0.05, 0.1) is 72.9 Å². The van der Waals surface area contributed by atoms with Crippen LogP contribution in [-0.2, 0) is 58.5 Å². The van der Waals surface area contributed by atoms with Crippen molar-refractivity contribution in [1.82, 2.24) is 0 Å². The van der Waals surface area contributed by atoms with E-state index < -0.39 is 247 Å². The number of methoxy groups -OCH3 is 4. The molecule has 0 saturated heterocycles. The molecule has 0 atom stereocenters. The third-order valence-electron chi connectivity index (χ3n) is 11.7. The molecule has 0 spiro atoms. The van der Waals surface area contributed by atoms with Gasteiger partial charge in [0.2, 0.25) is 0 Å². The van der Waals surface area contributed by atoms with Crippen LogP contribution in [0.2, 0.25) is 0 Å². The molecule has 6 rings (SSSR count). The van der Waals surface area contributed by atoms with E-state index in [0.29, 0.717) is 40.6 Å². The van der Waals surface area contributed by atoms with Crippen molar-refractivity contribution in [2.24, 2.45) is 0 Å². The summed E-state index contributed by atoms with van der Waals surface area (Å²) in [6, 6.07) is -4.64. The lowest BCUT2D eigenvalue weighted by Crippen LogP contribution is -2.33. The molecule has 434 valence electrons. The van der Waals surface area contributed by atoms with E-state index in [1.165, 1.54) is 0 Å². The second-order valence-corrected chi connectivity index (χ2v) is 22.2. The van der Waals surface area contributed by atoms with Gasteiger partial charge in [0.1, 0.15) is 23.0 Å². The van der Waals surface area contributed by atoms with E-state index in [2.05, 4.69) is 0 Å². The second-order valence-electron chi connectivity index (χ2n) is 16.7.